The van der Waals surface area contributed by atoms with Crippen LogP contribution in [0.2, 0.25) is 0 Å². The SMILES string of the molecule is CCCOc1cc2c(cc1/C(C)=C(/F)C=O)C(C(C)C)=CCC2(C)C. The molecule has 0 aliphatic heterocycles. The molecule has 0 amide bonds. The Bertz CT molecular complexity index is 724. The first-order valence-corrected chi connectivity index (χ1v) is 9.06. The van der Waals surface area contributed by atoms with Crippen LogP contribution in [0.15, 0.2) is 24.0 Å². The van der Waals surface area contributed by atoms with E-state index in [-0.39, 0.29) is 11.7 Å². The lowest BCUT2D eigenvalue weighted by molar-refractivity contribution is -0.106. The average molecular weight is 344 g/mol. The summed E-state index contributed by atoms with van der Waals surface area (Å²) in [5, 5.41) is 0. The van der Waals surface area contributed by atoms with Crippen LogP contribution in [0, 0.1) is 5.92 Å². The van der Waals surface area contributed by atoms with E-state index in [2.05, 4.69) is 39.8 Å². The minimum atomic E-state index is -0.744. The highest BCUT2D eigenvalue weighted by Gasteiger charge is 2.31. The van der Waals surface area contributed by atoms with Gasteiger partial charge in [-0.3, -0.25) is 4.79 Å². The highest BCUT2D eigenvalue weighted by atomic mass is 19.1. The Labute approximate surface area is 150 Å². The van der Waals surface area contributed by atoms with Crippen molar-refractivity contribution >= 4 is 17.4 Å². The van der Waals surface area contributed by atoms with E-state index in [1.807, 2.05) is 13.0 Å². The Morgan fingerprint density at radius 2 is 2.04 bits per heavy atom. The van der Waals surface area contributed by atoms with Crippen molar-refractivity contribution in [2.24, 2.45) is 5.92 Å². The van der Waals surface area contributed by atoms with E-state index in [9.17, 15) is 9.18 Å². The number of benzene rings is 1. The molecular formula is C22H29FO2. The summed E-state index contributed by atoms with van der Waals surface area (Å²) in [5.41, 5.74) is 4.64. The van der Waals surface area contributed by atoms with Gasteiger partial charge in [0.05, 0.1) is 6.61 Å². The van der Waals surface area contributed by atoms with Crippen molar-refractivity contribution in [2.75, 3.05) is 6.61 Å². The Kier molecular flexibility index (Phi) is 5.87. The summed E-state index contributed by atoms with van der Waals surface area (Å²) in [4.78, 5) is 10.9. The largest absolute Gasteiger partial charge is 0.493 e. The number of halogens is 1. The molecule has 136 valence electrons. The summed E-state index contributed by atoms with van der Waals surface area (Å²) in [6.45, 7) is 13.0. The van der Waals surface area contributed by atoms with Crippen LogP contribution in [-0.2, 0) is 10.2 Å². The highest BCUT2D eigenvalue weighted by Crippen LogP contribution is 2.45. The van der Waals surface area contributed by atoms with Gasteiger partial charge in [-0.2, -0.15) is 0 Å². The smallest absolute Gasteiger partial charge is 0.178 e. The van der Waals surface area contributed by atoms with Crippen molar-refractivity contribution in [3.63, 3.8) is 0 Å². The predicted molar refractivity (Wildman–Crippen MR) is 102 cm³/mol. The van der Waals surface area contributed by atoms with Gasteiger partial charge in [0.1, 0.15) is 5.75 Å². The van der Waals surface area contributed by atoms with Crippen molar-refractivity contribution in [3.05, 3.63) is 40.7 Å². The van der Waals surface area contributed by atoms with Gasteiger partial charge in [-0.25, -0.2) is 4.39 Å². The van der Waals surface area contributed by atoms with Crippen LogP contribution in [-0.4, -0.2) is 12.9 Å². The molecule has 1 aliphatic rings. The molecule has 0 saturated carbocycles. The molecule has 0 spiro atoms. The van der Waals surface area contributed by atoms with Crippen LogP contribution in [0.3, 0.4) is 0 Å². The third-order valence-electron chi connectivity index (χ3n) is 4.94. The van der Waals surface area contributed by atoms with Crippen LogP contribution < -0.4 is 4.74 Å². The van der Waals surface area contributed by atoms with E-state index in [0.717, 1.165) is 18.4 Å². The molecule has 1 aromatic rings. The lowest BCUT2D eigenvalue weighted by Gasteiger charge is -2.34. The summed E-state index contributed by atoms with van der Waals surface area (Å²) in [5.74, 6) is 0.296. The van der Waals surface area contributed by atoms with E-state index < -0.39 is 5.83 Å². The second kappa shape index (κ2) is 7.55. The van der Waals surface area contributed by atoms with Gasteiger partial charge in [0, 0.05) is 5.56 Å². The van der Waals surface area contributed by atoms with Gasteiger partial charge in [-0.1, -0.05) is 40.7 Å². The fraction of sp³-hybridized carbons (Fsp3) is 0.500. The normalized spacial score (nSPS) is 16.9. The van der Waals surface area contributed by atoms with E-state index in [4.69, 9.17) is 4.74 Å². The summed E-state index contributed by atoms with van der Waals surface area (Å²) in [7, 11) is 0. The lowest BCUT2D eigenvalue weighted by Crippen LogP contribution is -2.23. The molecule has 2 rings (SSSR count). The van der Waals surface area contributed by atoms with Gasteiger partial charge < -0.3 is 4.74 Å². The number of ether oxygens (including phenoxy) is 1. The number of hydrogen-bond donors (Lipinski definition) is 0. The molecule has 0 bridgehead atoms. The average Bonchev–Trinajstić information content (AvgIpc) is 2.57. The fourth-order valence-corrected chi connectivity index (χ4v) is 3.35. The Morgan fingerprint density at radius 3 is 2.60 bits per heavy atom. The number of allylic oxidation sites excluding steroid dienone is 4. The zero-order valence-corrected chi connectivity index (χ0v) is 16.2. The maximum Gasteiger partial charge on any atom is 0.178 e. The molecule has 0 atom stereocenters. The second-order valence-electron chi connectivity index (χ2n) is 7.74. The summed E-state index contributed by atoms with van der Waals surface area (Å²) in [6.07, 6.45) is 4.40. The number of rotatable bonds is 6. The van der Waals surface area contributed by atoms with Gasteiger partial charge in [0.25, 0.3) is 0 Å². The quantitative estimate of drug-likeness (QED) is 0.461. The third kappa shape index (κ3) is 3.86. The maximum absolute atomic E-state index is 14.0. The molecule has 1 aliphatic carbocycles. The van der Waals surface area contributed by atoms with Gasteiger partial charge in [-0.05, 0) is 65.5 Å². The molecule has 0 unspecified atom stereocenters. The second-order valence-corrected chi connectivity index (χ2v) is 7.74. The zero-order valence-electron chi connectivity index (χ0n) is 16.2. The first-order valence-electron chi connectivity index (χ1n) is 9.06. The van der Waals surface area contributed by atoms with Crippen LogP contribution in [0.1, 0.15) is 71.1 Å². The minimum Gasteiger partial charge on any atom is -0.493 e. The van der Waals surface area contributed by atoms with Gasteiger partial charge in [0.15, 0.2) is 12.1 Å². The number of aldehydes is 1. The molecule has 2 nitrogen and oxygen atoms in total. The molecule has 0 radical (unpaired) electrons. The fourth-order valence-electron chi connectivity index (χ4n) is 3.35. The van der Waals surface area contributed by atoms with Gasteiger partial charge in [0.2, 0.25) is 0 Å². The van der Waals surface area contributed by atoms with Crippen molar-refractivity contribution in [3.8, 4) is 5.75 Å². The highest BCUT2D eigenvalue weighted by molar-refractivity contribution is 5.88. The summed E-state index contributed by atoms with van der Waals surface area (Å²) >= 11 is 0. The van der Waals surface area contributed by atoms with E-state index in [1.165, 1.54) is 11.1 Å². The lowest BCUT2D eigenvalue weighted by atomic mass is 9.71. The standard InChI is InChI=1S/C22H29FO2/c1-7-10-25-21-12-19-18(11-17(21)15(4)20(23)13-24)16(14(2)3)8-9-22(19,5)6/h8,11-14H,7,9-10H2,1-6H3/b20-15+. The number of fused-ring (bicyclic) bond motifs is 1. The van der Waals surface area contributed by atoms with Gasteiger partial charge >= 0.3 is 0 Å². The molecule has 0 N–H and O–H groups in total. The number of hydrogen-bond acceptors (Lipinski definition) is 2. The summed E-state index contributed by atoms with van der Waals surface area (Å²) in [6, 6.07) is 4.06. The first kappa shape index (κ1) is 19.4. The molecule has 0 saturated heterocycles. The zero-order chi connectivity index (χ0) is 18.8. The topological polar surface area (TPSA) is 26.3 Å². The monoisotopic (exact) mass is 344 g/mol. The Morgan fingerprint density at radius 1 is 1.36 bits per heavy atom. The predicted octanol–water partition coefficient (Wildman–Crippen LogP) is 6.10. The molecule has 0 fully saturated rings. The Hall–Kier alpha value is -1.90. The molecule has 1 aromatic carbocycles. The molecule has 3 heteroatoms. The van der Waals surface area contributed by atoms with Crippen LogP contribution in [0.5, 0.6) is 5.75 Å². The van der Waals surface area contributed by atoms with E-state index in [1.54, 1.807) is 6.92 Å². The van der Waals surface area contributed by atoms with Crippen LogP contribution >= 0.6 is 0 Å². The van der Waals surface area contributed by atoms with Crippen molar-refractivity contribution in [2.45, 2.75) is 59.8 Å². The Balaban J connectivity index is 2.74. The number of carbonyl (C=O) groups is 1. The molecule has 0 aromatic heterocycles. The van der Waals surface area contributed by atoms with Crippen molar-refractivity contribution in [1.82, 2.24) is 0 Å². The molecule has 25 heavy (non-hydrogen) atoms. The minimum absolute atomic E-state index is 0.00258. The van der Waals surface area contributed by atoms with Gasteiger partial charge in [-0.15, -0.1) is 0 Å². The van der Waals surface area contributed by atoms with Crippen molar-refractivity contribution in [1.29, 1.82) is 0 Å². The summed E-state index contributed by atoms with van der Waals surface area (Å²) < 4.78 is 19.9. The van der Waals surface area contributed by atoms with Crippen molar-refractivity contribution < 1.29 is 13.9 Å². The van der Waals surface area contributed by atoms with Crippen LogP contribution in [0.25, 0.3) is 11.1 Å². The number of carbonyl (C=O) groups excluding carboxylic acids is 1. The first-order chi connectivity index (χ1) is 11.7. The van der Waals surface area contributed by atoms with E-state index >= 15 is 0 Å². The van der Waals surface area contributed by atoms with Crippen LogP contribution in [0.4, 0.5) is 4.39 Å². The molecule has 0 heterocycles. The van der Waals surface area contributed by atoms with E-state index in [0.29, 0.717) is 29.4 Å². The maximum atomic E-state index is 14.0. The third-order valence-corrected chi connectivity index (χ3v) is 4.94. The molecular weight excluding hydrogens is 315 g/mol.